The zero-order valence-electron chi connectivity index (χ0n) is 12.5. The molecule has 8 heteroatoms. The fraction of sp³-hybridized carbons (Fsp3) is 0.429. The minimum Gasteiger partial charge on any atom is -0.497 e. The number of benzene rings is 1. The molecule has 0 aliphatic heterocycles. The SMILES string of the molecule is COC(=O)C(C)[C@H](C[N+](=O)[O-])c1cccc(OC)c1.O=C=O. The maximum atomic E-state index is 11.6. The van der Waals surface area contributed by atoms with Gasteiger partial charge in [0.05, 0.1) is 26.1 Å². The number of rotatable bonds is 6. The summed E-state index contributed by atoms with van der Waals surface area (Å²) in [6.45, 7) is 1.29. The number of nitro groups is 1. The van der Waals surface area contributed by atoms with Crippen LogP contribution in [-0.2, 0) is 19.1 Å². The van der Waals surface area contributed by atoms with Gasteiger partial charge in [-0.15, -0.1) is 0 Å². The van der Waals surface area contributed by atoms with Crippen molar-refractivity contribution < 1.29 is 28.8 Å². The Balaban J connectivity index is 0.00000135. The zero-order valence-corrected chi connectivity index (χ0v) is 12.5. The van der Waals surface area contributed by atoms with Gasteiger partial charge in [0.15, 0.2) is 0 Å². The van der Waals surface area contributed by atoms with Crippen molar-refractivity contribution in [2.24, 2.45) is 5.92 Å². The van der Waals surface area contributed by atoms with Gasteiger partial charge in [-0.1, -0.05) is 19.1 Å². The van der Waals surface area contributed by atoms with Gasteiger partial charge in [0, 0.05) is 4.92 Å². The highest BCUT2D eigenvalue weighted by atomic mass is 16.6. The quantitative estimate of drug-likeness (QED) is 0.441. The number of methoxy groups -OCH3 is 2. The first-order valence-corrected chi connectivity index (χ1v) is 6.24. The highest BCUT2D eigenvalue weighted by molar-refractivity contribution is 5.73. The monoisotopic (exact) mass is 311 g/mol. The number of ether oxygens (including phenoxy) is 2. The third-order valence-electron chi connectivity index (χ3n) is 3.04. The Bertz CT molecular complexity index is 538. The van der Waals surface area contributed by atoms with Crippen LogP contribution in [0.4, 0.5) is 0 Å². The van der Waals surface area contributed by atoms with E-state index >= 15 is 0 Å². The van der Waals surface area contributed by atoms with Crippen LogP contribution < -0.4 is 4.74 Å². The maximum absolute atomic E-state index is 11.6. The number of nitrogens with zero attached hydrogens (tertiary/aromatic N) is 1. The molecule has 0 N–H and O–H groups in total. The number of hydrogen-bond acceptors (Lipinski definition) is 7. The second-order valence-corrected chi connectivity index (χ2v) is 4.29. The average molecular weight is 311 g/mol. The Hall–Kier alpha value is -2.73. The molecule has 1 rings (SSSR count). The van der Waals surface area contributed by atoms with E-state index in [4.69, 9.17) is 14.3 Å². The molecule has 8 nitrogen and oxygen atoms in total. The number of carbonyl (C=O) groups excluding carboxylic acids is 3. The molecule has 0 bridgehead atoms. The van der Waals surface area contributed by atoms with Gasteiger partial charge < -0.3 is 9.47 Å². The summed E-state index contributed by atoms with van der Waals surface area (Å²) >= 11 is 0. The van der Waals surface area contributed by atoms with Gasteiger partial charge in [-0.3, -0.25) is 14.9 Å². The van der Waals surface area contributed by atoms with Crippen molar-refractivity contribution in [2.75, 3.05) is 20.8 Å². The van der Waals surface area contributed by atoms with Crippen LogP contribution in [0.15, 0.2) is 24.3 Å². The summed E-state index contributed by atoms with van der Waals surface area (Å²) in [5.41, 5.74) is 0.689. The van der Waals surface area contributed by atoms with Crippen LogP contribution in [0.5, 0.6) is 5.75 Å². The highest BCUT2D eigenvalue weighted by Crippen LogP contribution is 2.28. The van der Waals surface area contributed by atoms with Gasteiger partial charge >= 0.3 is 12.1 Å². The lowest BCUT2D eigenvalue weighted by atomic mass is 9.87. The van der Waals surface area contributed by atoms with E-state index < -0.39 is 22.7 Å². The van der Waals surface area contributed by atoms with Crippen molar-refractivity contribution in [3.05, 3.63) is 39.9 Å². The lowest BCUT2D eigenvalue weighted by molar-refractivity contribution is -0.484. The predicted octanol–water partition coefficient (Wildman–Crippen LogP) is 1.28. The molecule has 0 heterocycles. The smallest absolute Gasteiger partial charge is 0.373 e. The Morgan fingerprint density at radius 3 is 2.41 bits per heavy atom. The standard InChI is InChI=1S/C13H17NO5.CO2/c1-9(13(15)19-3)12(8-14(16)17)10-5-4-6-11(7-10)18-2;2-1-3/h4-7,9,12H,8H2,1-3H3;/t9?,12-;/m0./s1. The summed E-state index contributed by atoms with van der Waals surface area (Å²) in [6, 6.07) is 6.93. The van der Waals surface area contributed by atoms with Crippen molar-refractivity contribution in [2.45, 2.75) is 12.8 Å². The van der Waals surface area contributed by atoms with Gasteiger partial charge in [0.1, 0.15) is 5.75 Å². The molecular formula is C14H17NO7. The van der Waals surface area contributed by atoms with Crippen LogP contribution in [0.25, 0.3) is 0 Å². The second-order valence-electron chi connectivity index (χ2n) is 4.29. The Kier molecular flexibility index (Phi) is 8.81. The highest BCUT2D eigenvalue weighted by Gasteiger charge is 2.30. The maximum Gasteiger partial charge on any atom is 0.373 e. The topological polar surface area (TPSA) is 113 Å². The number of carbonyl (C=O) groups is 1. The minimum absolute atomic E-state index is 0.250. The molecule has 1 aromatic carbocycles. The van der Waals surface area contributed by atoms with Crippen LogP contribution >= 0.6 is 0 Å². The number of esters is 1. The lowest BCUT2D eigenvalue weighted by Gasteiger charge is -2.19. The van der Waals surface area contributed by atoms with Gasteiger partial charge in [0.25, 0.3) is 0 Å². The molecule has 2 atom stereocenters. The second kappa shape index (κ2) is 10.1. The Morgan fingerprint density at radius 2 is 1.95 bits per heavy atom. The molecule has 0 spiro atoms. The van der Waals surface area contributed by atoms with Gasteiger partial charge in [-0.25, -0.2) is 0 Å². The van der Waals surface area contributed by atoms with E-state index in [0.29, 0.717) is 11.3 Å². The van der Waals surface area contributed by atoms with Crippen LogP contribution in [0, 0.1) is 16.0 Å². The van der Waals surface area contributed by atoms with E-state index in [2.05, 4.69) is 4.74 Å². The van der Waals surface area contributed by atoms with Gasteiger partial charge in [0.2, 0.25) is 6.54 Å². The molecule has 0 aliphatic rings. The van der Waals surface area contributed by atoms with Crippen molar-refractivity contribution in [3.8, 4) is 5.75 Å². The molecule has 0 aliphatic carbocycles. The summed E-state index contributed by atoms with van der Waals surface area (Å²) in [6.07, 6.45) is 0.250. The van der Waals surface area contributed by atoms with Gasteiger partial charge in [-0.2, -0.15) is 9.59 Å². The van der Waals surface area contributed by atoms with Crippen LogP contribution in [0.1, 0.15) is 18.4 Å². The predicted molar refractivity (Wildman–Crippen MR) is 73.8 cm³/mol. The first-order chi connectivity index (χ1) is 10.4. The van der Waals surface area contributed by atoms with E-state index in [9.17, 15) is 14.9 Å². The van der Waals surface area contributed by atoms with Crippen molar-refractivity contribution in [1.82, 2.24) is 0 Å². The van der Waals surface area contributed by atoms with E-state index in [1.165, 1.54) is 14.2 Å². The summed E-state index contributed by atoms with van der Waals surface area (Å²) in [5, 5.41) is 10.8. The van der Waals surface area contributed by atoms with E-state index in [0.717, 1.165) is 0 Å². The molecule has 0 aromatic heterocycles. The van der Waals surface area contributed by atoms with Gasteiger partial charge in [-0.05, 0) is 17.7 Å². The average Bonchev–Trinajstić information content (AvgIpc) is 2.51. The molecular weight excluding hydrogens is 294 g/mol. The summed E-state index contributed by atoms with van der Waals surface area (Å²) in [4.78, 5) is 38.2. The van der Waals surface area contributed by atoms with Crippen molar-refractivity contribution >= 4 is 12.1 Å². The molecule has 0 amide bonds. The molecule has 0 radical (unpaired) electrons. The first-order valence-electron chi connectivity index (χ1n) is 6.24. The fourth-order valence-corrected chi connectivity index (χ4v) is 1.94. The molecule has 0 fully saturated rings. The van der Waals surface area contributed by atoms with E-state index in [1.54, 1.807) is 31.2 Å². The Morgan fingerprint density at radius 1 is 1.36 bits per heavy atom. The summed E-state index contributed by atoms with van der Waals surface area (Å²) < 4.78 is 9.75. The zero-order chi connectivity index (χ0) is 17.1. The molecule has 22 heavy (non-hydrogen) atoms. The lowest BCUT2D eigenvalue weighted by Crippen LogP contribution is -2.26. The van der Waals surface area contributed by atoms with E-state index in [1.807, 2.05) is 0 Å². The first kappa shape index (κ1) is 19.3. The minimum atomic E-state index is -0.595. The van der Waals surface area contributed by atoms with Crippen LogP contribution in [0.2, 0.25) is 0 Å². The molecule has 0 saturated heterocycles. The number of hydrogen-bond donors (Lipinski definition) is 0. The normalized spacial score (nSPS) is 12.0. The summed E-state index contributed by atoms with van der Waals surface area (Å²) in [5.74, 6) is -1.00. The van der Waals surface area contributed by atoms with E-state index in [-0.39, 0.29) is 12.7 Å². The van der Waals surface area contributed by atoms with Crippen molar-refractivity contribution in [1.29, 1.82) is 0 Å². The fourth-order valence-electron chi connectivity index (χ4n) is 1.94. The van der Waals surface area contributed by atoms with Crippen LogP contribution in [0.3, 0.4) is 0 Å². The largest absolute Gasteiger partial charge is 0.497 e. The third kappa shape index (κ3) is 6.15. The van der Waals surface area contributed by atoms with Crippen LogP contribution in [-0.4, -0.2) is 37.8 Å². The third-order valence-corrected chi connectivity index (χ3v) is 3.04. The summed E-state index contributed by atoms with van der Waals surface area (Å²) in [7, 11) is 2.79. The Labute approximate surface area is 127 Å². The van der Waals surface area contributed by atoms with Crippen molar-refractivity contribution in [3.63, 3.8) is 0 Å². The molecule has 1 unspecified atom stereocenters. The molecule has 1 aromatic rings. The molecule has 120 valence electrons. The molecule has 0 saturated carbocycles.